The number of hydrogen-bond donors (Lipinski definition) is 0. The van der Waals surface area contributed by atoms with Crippen molar-refractivity contribution in [3.05, 3.63) is 107 Å². The molecule has 0 saturated carbocycles. The molecule has 0 aromatic heterocycles. The first-order valence-corrected chi connectivity index (χ1v) is 12.0. The van der Waals surface area contributed by atoms with Gasteiger partial charge in [0.15, 0.2) is 0 Å². The SMILES string of the molecule is CC(C)(C)c1ccc(N=C2C(=Nc3ccc(C(C)(C)C)cc3)c3cccc4cccc2c34)cc1. The summed E-state index contributed by atoms with van der Waals surface area (Å²) in [5, 5.41) is 2.46. The van der Waals surface area contributed by atoms with E-state index in [9.17, 15) is 0 Å². The third-order valence-electron chi connectivity index (χ3n) is 6.59. The highest BCUT2D eigenvalue weighted by atomic mass is 14.8. The minimum Gasteiger partial charge on any atom is -0.246 e. The van der Waals surface area contributed by atoms with Gasteiger partial charge in [-0.2, -0.15) is 0 Å². The van der Waals surface area contributed by atoms with Crippen LogP contribution in [0.25, 0.3) is 10.8 Å². The lowest BCUT2D eigenvalue weighted by molar-refractivity contribution is 0.590. The lowest BCUT2D eigenvalue weighted by Crippen LogP contribution is -2.11. The van der Waals surface area contributed by atoms with E-state index >= 15 is 0 Å². The van der Waals surface area contributed by atoms with Crippen molar-refractivity contribution in [3.63, 3.8) is 0 Å². The molecule has 0 fully saturated rings. The molecule has 0 aliphatic heterocycles. The summed E-state index contributed by atoms with van der Waals surface area (Å²) in [5.74, 6) is 0. The van der Waals surface area contributed by atoms with Crippen molar-refractivity contribution in [2.24, 2.45) is 9.98 Å². The van der Waals surface area contributed by atoms with Crippen molar-refractivity contribution < 1.29 is 0 Å². The van der Waals surface area contributed by atoms with E-state index in [4.69, 9.17) is 9.98 Å². The van der Waals surface area contributed by atoms with Crippen molar-refractivity contribution in [1.82, 2.24) is 0 Å². The van der Waals surface area contributed by atoms with Gasteiger partial charge < -0.3 is 0 Å². The third kappa shape index (κ3) is 4.09. The van der Waals surface area contributed by atoms with E-state index in [0.717, 1.165) is 33.9 Å². The maximum Gasteiger partial charge on any atom is 0.0978 e. The van der Waals surface area contributed by atoms with E-state index in [1.807, 2.05) is 0 Å². The molecule has 0 unspecified atom stereocenters. The highest BCUT2D eigenvalue weighted by Gasteiger charge is 2.27. The molecular weight excluding hydrogens is 412 g/mol. The highest BCUT2D eigenvalue weighted by Crippen LogP contribution is 2.35. The largest absolute Gasteiger partial charge is 0.246 e. The van der Waals surface area contributed by atoms with E-state index < -0.39 is 0 Å². The van der Waals surface area contributed by atoms with Gasteiger partial charge in [0.05, 0.1) is 22.8 Å². The smallest absolute Gasteiger partial charge is 0.0978 e. The van der Waals surface area contributed by atoms with E-state index in [1.165, 1.54) is 21.9 Å². The van der Waals surface area contributed by atoms with Crippen LogP contribution in [-0.4, -0.2) is 11.4 Å². The number of rotatable bonds is 2. The molecule has 5 rings (SSSR count). The van der Waals surface area contributed by atoms with Gasteiger partial charge in [0.1, 0.15) is 0 Å². The van der Waals surface area contributed by atoms with Crippen LogP contribution in [0, 0.1) is 0 Å². The molecule has 1 aliphatic carbocycles. The van der Waals surface area contributed by atoms with Gasteiger partial charge in [0.2, 0.25) is 0 Å². The predicted molar refractivity (Wildman–Crippen MR) is 147 cm³/mol. The Labute approximate surface area is 203 Å². The zero-order chi connectivity index (χ0) is 24.1. The van der Waals surface area contributed by atoms with Crippen LogP contribution in [0.4, 0.5) is 11.4 Å². The maximum absolute atomic E-state index is 5.14. The fourth-order valence-corrected chi connectivity index (χ4v) is 4.55. The highest BCUT2D eigenvalue weighted by molar-refractivity contribution is 6.61. The average Bonchev–Trinajstić information content (AvgIpc) is 3.08. The first-order valence-electron chi connectivity index (χ1n) is 12.0. The summed E-state index contributed by atoms with van der Waals surface area (Å²) >= 11 is 0. The van der Waals surface area contributed by atoms with Crippen LogP contribution in [0.3, 0.4) is 0 Å². The molecule has 0 N–H and O–H groups in total. The Morgan fingerprint density at radius 1 is 0.471 bits per heavy atom. The molecule has 4 aromatic rings. The summed E-state index contributed by atoms with van der Waals surface area (Å²) in [7, 11) is 0. The van der Waals surface area contributed by atoms with Crippen LogP contribution in [0.1, 0.15) is 63.8 Å². The third-order valence-corrected chi connectivity index (χ3v) is 6.59. The van der Waals surface area contributed by atoms with Gasteiger partial charge in [0.25, 0.3) is 0 Å². The fourth-order valence-electron chi connectivity index (χ4n) is 4.55. The molecule has 1 aliphatic rings. The van der Waals surface area contributed by atoms with Crippen molar-refractivity contribution in [2.45, 2.75) is 52.4 Å². The second kappa shape index (κ2) is 8.06. The molecule has 0 atom stereocenters. The molecule has 4 aromatic carbocycles. The molecule has 0 bridgehead atoms. The molecule has 0 spiro atoms. The summed E-state index contributed by atoms with van der Waals surface area (Å²) in [6.45, 7) is 13.4. The van der Waals surface area contributed by atoms with Crippen molar-refractivity contribution in [1.29, 1.82) is 0 Å². The quantitative estimate of drug-likeness (QED) is 0.295. The summed E-state index contributed by atoms with van der Waals surface area (Å²) in [5.41, 5.74) is 8.93. The Morgan fingerprint density at radius 2 is 0.853 bits per heavy atom. The molecule has 0 saturated heterocycles. The minimum atomic E-state index is 0.118. The molecule has 0 radical (unpaired) electrons. The Balaban J connectivity index is 1.65. The first-order chi connectivity index (χ1) is 16.1. The Morgan fingerprint density at radius 3 is 1.21 bits per heavy atom. The Kier molecular flexibility index (Phi) is 5.28. The predicted octanol–water partition coefficient (Wildman–Crippen LogP) is 8.69. The van der Waals surface area contributed by atoms with Crippen LogP contribution in [0.2, 0.25) is 0 Å². The summed E-state index contributed by atoms with van der Waals surface area (Å²) in [4.78, 5) is 10.3. The molecule has 2 heteroatoms. The topological polar surface area (TPSA) is 24.7 Å². The summed E-state index contributed by atoms with van der Waals surface area (Å²) in [6.07, 6.45) is 0. The monoisotopic (exact) mass is 444 g/mol. The van der Waals surface area contributed by atoms with Crippen molar-refractivity contribution >= 4 is 33.6 Å². The maximum atomic E-state index is 5.14. The first kappa shape index (κ1) is 22.3. The van der Waals surface area contributed by atoms with Gasteiger partial charge in [-0.05, 0) is 51.6 Å². The van der Waals surface area contributed by atoms with Gasteiger partial charge in [-0.25, -0.2) is 9.98 Å². The lowest BCUT2D eigenvalue weighted by Gasteiger charge is -2.19. The van der Waals surface area contributed by atoms with E-state index in [1.54, 1.807) is 0 Å². The van der Waals surface area contributed by atoms with Crippen molar-refractivity contribution in [3.8, 4) is 0 Å². The second-order valence-corrected chi connectivity index (χ2v) is 11.2. The van der Waals surface area contributed by atoms with E-state index in [0.29, 0.717) is 0 Å². The van der Waals surface area contributed by atoms with Crippen LogP contribution in [0.5, 0.6) is 0 Å². The molecule has 0 heterocycles. The van der Waals surface area contributed by atoms with Crippen LogP contribution in [-0.2, 0) is 10.8 Å². The van der Waals surface area contributed by atoms with Gasteiger partial charge in [0, 0.05) is 16.5 Å². The fraction of sp³-hybridized carbons (Fsp3) is 0.250. The Bertz CT molecular complexity index is 1310. The number of hydrogen-bond acceptors (Lipinski definition) is 2. The normalized spacial score (nSPS) is 16.1. The zero-order valence-electron chi connectivity index (χ0n) is 21.0. The average molecular weight is 445 g/mol. The number of aliphatic imine (C=N–C) groups is 2. The molecule has 2 nitrogen and oxygen atoms in total. The minimum absolute atomic E-state index is 0.118. The lowest BCUT2D eigenvalue weighted by atomic mass is 9.87. The van der Waals surface area contributed by atoms with Gasteiger partial charge in [-0.1, -0.05) is 102 Å². The van der Waals surface area contributed by atoms with Crippen LogP contribution in [0.15, 0.2) is 94.9 Å². The summed E-state index contributed by atoms with van der Waals surface area (Å²) < 4.78 is 0. The van der Waals surface area contributed by atoms with Crippen LogP contribution >= 0.6 is 0 Å². The van der Waals surface area contributed by atoms with Crippen molar-refractivity contribution in [2.75, 3.05) is 0 Å². The van der Waals surface area contributed by atoms with E-state index in [2.05, 4.69) is 126 Å². The molecule has 170 valence electrons. The Hall–Kier alpha value is -3.52. The second-order valence-electron chi connectivity index (χ2n) is 11.2. The standard InChI is InChI=1S/C32H32N2/c1-31(2,3)22-13-17-24(18-14-22)33-29-26-11-7-9-21-10-8-12-27(28(21)26)30(29)34-25-19-15-23(16-20-25)32(4,5)6/h7-20H,1-6H3. The summed E-state index contributed by atoms with van der Waals surface area (Å²) in [6, 6.07) is 30.1. The number of benzene rings is 4. The van der Waals surface area contributed by atoms with Crippen LogP contribution < -0.4 is 0 Å². The molecular formula is C32H32N2. The van der Waals surface area contributed by atoms with Gasteiger partial charge in [-0.15, -0.1) is 0 Å². The van der Waals surface area contributed by atoms with Gasteiger partial charge >= 0.3 is 0 Å². The molecule has 0 amide bonds. The van der Waals surface area contributed by atoms with E-state index in [-0.39, 0.29) is 10.8 Å². The van der Waals surface area contributed by atoms with Gasteiger partial charge in [-0.3, -0.25) is 0 Å². The molecule has 34 heavy (non-hydrogen) atoms. The number of nitrogens with zero attached hydrogens (tertiary/aromatic N) is 2. The zero-order valence-corrected chi connectivity index (χ0v) is 21.0.